The normalized spacial score (nSPS) is 18.1. The van der Waals surface area contributed by atoms with Crippen LogP contribution < -0.4 is 5.32 Å². The van der Waals surface area contributed by atoms with E-state index in [1.165, 1.54) is 4.31 Å². The third kappa shape index (κ3) is 5.05. The molecule has 7 heteroatoms. The van der Waals surface area contributed by atoms with Crippen LogP contribution in [0, 0.1) is 19.8 Å². The zero-order chi connectivity index (χ0) is 19.5. The largest absolute Gasteiger partial charge is 0.352 e. The zero-order valence-electron chi connectivity index (χ0n) is 16.4. The van der Waals surface area contributed by atoms with Crippen molar-refractivity contribution in [2.75, 3.05) is 32.7 Å². The lowest BCUT2D eigenvalue weighted by Gasteiger charge is -2.34. The van der Waals surface area contributed by atoms with Gasteiger partial charge in [-0.3, -0.25) is 9.69 Å². The minimum atomic E-state index is -3.49. The van der Waals surface area contributed by atoms with Gasteiger partial charge in [-0.05, 0) is 43.9 Å². The Morgan fingerprint density at radius 2 is 1.73 bits per heavy atom. The van der Waals surface area contributed by atoms with Crippen molar-refractivity contribution in [2.24, 2.45) is 5.92 Å². The van der Waals surface area contributed by atoms with Gasteiger partial charge in [-0.1, -0.05) is 26.0 Å². The van der Waals surface area contributed by atoms with Crippen LogP contribution in [0.15, 0.2) is 23.1 Å². The summed E-state index contributed by atoms with van der Waals surface area (Å²) in [6.45, 7) is 12.1. The number of rotatable bonds is 6. The highest BCUT2D eigenvalue weighted by atomic mass is 32.2. The molecule has 26 heavy (non-hydrogen) atoms. The number of benzene rings is 1. The molecule has 1 aliphatic heterocycles. The molecule has 0 spiro atoms. The Morgan fingerprint density at radius 3 is 2.31 bits per heavy atom. The Kier molecular flexibility index (Phi) is 6.82. The average Bonchev–Trinajstić information content (AvgIpc) is 2.57. The number of carbonyl (C=O) groups excluding carboxylic acids is 1. The lowest BCUT2D eigenvalue weighted by atomic mass is 10.1. The predicted molar refractivity (Wildman–Crippen MR) is 104 cm³/mol. The average molecular weight is 382 g/mol. The highest BCUT2D eigenvalue weighted by Crippen LogP contribution is 2.22. The molecule has 1 aromatic rings. The molecule has 1 aliphatic rings. The van der Waals surface area contributed by atoms with Crippen LogP contribution in [0.1, 0.15) is 31.9 Å². The fraction of sp³-hybridized carbons (Fsp3) is 0.632. The van der Waals surface area contributed by atoms with Crippen molar-refractivity contribution in [2.45, 2.75) is 45.6 Å². The molecule has 0 bridgehead atoms. The molecule has 6 nitrogen and oxygen atoms in total. The molecule has 1 N–H and O–H groups in total. The summed E-state index contributed by atoms with van der Waals surface area (Å²) in [5.74, 6) is 0.385. The molecule has 1 amide bonds. The maximum Gasteiger partial charge on any atom is 0.243 e. The Labute approximate surface area is 157 Å². The number of amides is 1. The molecule has 0 saturated carbocycles. The van der Waals surface area contributed by atoms with Gasteiger partial charge in [0, 0.05) is 32.2 Å². The molecule has 1 aromatic carbocycles. The van der Waals surface area contributed by atoms with E-state index in [0.717, 1.165) is 11.1 Å². The zero-order valence-corrected chi connectivity index (χ0v) is 17.3. The Morgan fingerprint density at radius 1 is 1.12 bits per heavy atom. The Hall–Kier alpha value is -1.44. The smallest absolute Gasteiger partial charge is 0.243 e. The Bertz CT molecular complexity index is 738. The maximum absolute atomic E-state index is 12.9. The summed E-state index contributed by atoms with van der Waals surface area (Å²) in [5, 5.41) is 3.00. The van der Waals surface area contributed by atoms with Gasteiger partial charge in [-0.15, -0.1) is 0 Å². The minimum absolute atomic E-state index is 0.00274. The number of carbonyl (C=O) groups is 1. The summed E-state index contributed by atoms with van der Waals surface area (Å²) in [6, 6.07) is 5.63. The molecule has 0 aliphatic carbocycles. The topological polar surface area (TPSA) is 69.7 Å². The van der Waals surface area contributed by atoms with Crippen LogP contribution in [0.2, 0.25) is 0 Å². The molecular weight excluding hydrogens is 350 g/mol. The van der Waals surface area contributed by atoms with E-state index >= 15 is 0 Å². The van der Waals surface area contributed by atoms with E-state index in [4.69, 9.17) is 0 Å². The number of hydrogen-bond donors (Lipinski definition) is 1. The standard InChI is InChI=1S/C19H31N3O3S/c1-14(2)17(5)20-19(23)13-21-8-10-22(11-9-21)26(24,25)18-12-15(3)6-7-16(18)4/h6-7,12,14,17H,8-11,13H2,1-5H3,(H,20,23)/t17-/m0/s1. The van der Waals surface area contributed by atoms with E-state index in [1.54, 1.807) is 6.07 Å². The van der Waals surface area contributed by atoms with Crippen LogP contribution in [-0.2, 0) is 14.8 Å². The lowest BCUT2D eigenvalue weighted by Crippen LogP contribution is -2.52. The van der Waals surface area contributed by atoms with Crippen molar-refractivity contribution in [3.63, 3.8) is 0 Å². The summed E-state index contributed by atoms with van der Waals surface area (Å²) < 4.78 is 27.4. The third-order valence-corrected chi connectivity index (χ3v) is 7.09. The molecule has 1 saturated heterocycles. The van der Waals surface area contributed by atoms with Gasteiger partial charge in [0.2, 0.25) is 15.9 Å². The first-order chi connectivity index (χ1) is 12.1. The highest BCUT2D eigenvalue weighted by Gasteiger charge is 2.30. The van der Waals surface area contributed by atoms with E-state index in [9.17, 15) is 13.2 Å². The second-order valence-corrected chi connectivity index (χ2v) is 9.46. The summed E-state index contributed by atoms with van der Waals surface area (Å²) in [5.41, 5.74) is 1.70. The fourth-order valence-electron chi connectivity index (χ4n) is 2.92. The van der Waals surface area contributed by atoms with Crippen molar-refractivity contribution in [1.82, 2.24) is 14.5 Å². The van der Waals surface area contributed by atoms with Gasteiger partial charge in [0.1, 0.15) is 0 Å². The highest BCUT2D eigenvalue weighted by molar-refractivity contribution is 7.89. The van der Waals surface area contributed by atoms with Crippen molar-refractivity contribution in [1.29, 1.82) is 0 Å². The van der Waals surface area contributed by atoms with E-state index < -0.39 is 10.0 Å². The number of hydrogen-bond acceptors (Lipinski definition) is 4. The number of sulfonamides is 1. The lowest BCUT2D eigenvalue weighted by molar-refractivity contribution is -0.123. The van der Waals surface area contributed by atoms with Gasteiger partial charge in [-0.2, -0.15) is 4.31 Å². The van der Waals surface area contributed by atoms with Gasteiger partial charge in [0.05, 0.1) is 11.4 Å². The molecule has 1 fully saturated rings. The fourth-order valence-corrected chi connectivity index (χ4v) is 4.65. The number of aryl methyl sites for hydroxylation is 2. The molecule has 1 atom stereocenters. The maximum atomic E-state index is 12.9. The molecule has 146 valence electrons. The van der Waals surface area contributed by atoms with E-state index in [2.05, 4.69) is 19.2 Å². The van der Waals surface area contributed by atoms with Crippen molar-refractivity contribution in [3.05, 3.63) is 29.3 Å². The number of piperazine rings is 1. The van der Waals surface area contributed by atoms with Gasteiger partial charge in [0.25, 0.3) is 0 Å². The van der Waals surface area contributed by atoms with E-state index in [-0.39, 0.29) is 11.9 Å². The van der Waals surface area contributed by atoms with Gasteiger partial charge in [-0.25, -0.2) is 8.42 Å². The SMILES string of the molecule is Cc1ccc(C)c(S(=O)(=O)N2CCN(CC(=O)N[C@@H](C)C(C)C)CC2)c1. The number of nitrogens with zero attached hydrogens (tertiary/aromatic N) is 2. The Balaban J connectivity index is 1.95. The van der Waals surface area contributed by atoms with Crippen LogP contribution in [0.3, 0.4) is 0 Å². The summed E-state index contributed by atoms with van der Waals surface area (Å²) >= 11 is 0. The molecule has 0 unspecified atom stereocenters. The van der Waals surface area contributed by atoms with Crippen LogP contribution in [0.25, 0.3) is 0 Å². The van der Waals surface area contributed by atoms with Crippen LogP contribution in [-0.4, -0.2) is 62.3 Å². The van der Waals surface area contributed by atoms with Crippen molar-refractivity contribution in [3.8, 4) is 0 Å². The van der Waals surface area contributed by atoms with Gasteiger partial charge >= 0.3 is 0 Å². The monoisotopic (exact) mass is 381 g/mol. The van der Waals surface area contributed by atoms with E-state index in [0.29, 0.717) is 43.5 Å². The summed E-state index contributed by atoms with van der Waals surface area (Å²) in [4.78, 5) is 14.5. The summed E-state index contributed by atoms with van der Waals surface area (Å²) in [7, 11) is -3.49. The third-order valence-electron chi connectivity index (χ3n) is 5.05. The van der Waals surface area contributed by atoms with Gasteiger partial charge < -0.3 is 5.32 Å². The van der Waals surface area contributed by atoms with Gasteiger partial charge in [0.15, 0.2) is 0 Å². The number of nitrogens with one attached hydrogen (secondary N) is 1. The van der Waals surface area contributed by atoms with Crippen LogP contribution >= 0.6 is 0 Å². The van der Waals surface area contributed by atoms with Crippen LogP contribution in [0.5, 0.6) is 0 Å². The molecule has 1 heterocycles. The first-order valence-corrected chi connectivity index (χ1v) is 10.6. The first-order valence-electron chi connectivity index (χ1n) is 9.20. The van der Waals surface area contributed by atoms with Crippen molar-refractivity contribution >= 4 is 15.9 Å². The second kappa shape index (κ2) is 8.50. The second-order valence-electron chi connectivity index (χ2n) is 7.55. The molecule has 0 aromatic heterocycles. The minimum Gasteiger partial charge on any atom is -0.352 e. The quantitative estimate of drug-likeness (QED) is 0.815. The van der Waals surface area contributed by atoms with Crippen molar-refractivity contribution < 1.29 is 13.2 Å². The molecular formula is C19H31N3O3S. The molecule has 0 radical (unpaired) electrons. The predicted octanol–water partition coefficient (Wildman–Crippen LogP) is 1.77. The van der Waals surface area contributed by atoms with E-state index in [1.807, 2.05) is 37.8 Å². The van der Waals surface area contributed by atoms with Crippen LogP contribution in [0.4, 0.5) is 0 Å². The molecule has 2 rings (SSSR count). The summed E-state index contributed by atoms with van der Waals surface area (Å²) in [6.07, 6.45) is 0. The first kappa shape index (κ1) is 20.9.